The standard InChI is InChI=1S/C23H20BrN3O3/c1-26-10-13(8-20-22(28)17-9-14(24)2-5-19(17)30-20)21-18(6-7-25-23(21)26)27-11-15-3-4-16(12-27)29-15/h2,5-10,15-16H,3-4,11-12H2,1H3. The number of fused-ring (bicyclic) bond motifs is 4. The van der Waals surface area contributed by atoms with Gasteiger partial charge >= 0.3 is 0 Å². The number of Topliss-reactive ketones (excluding diaryl/α,β-unsaturated/α-hetero) is 1. The van der Waals surface area contributed by atoms with Crippen molar-refractivity contribution in [2.45, 2.75) is 25.0 Å². The van der Waals surface area contributed by atoms with Crippen LogP contribution in [0.5, 0.6) is 5.75 Å². The van der Waals surface area contributed by atoms with E-state index >= 15 is 0 Å². The highest BCUT2D eigenvalue weighted by molar-refractivity contribution is 9.10. The lowest BCUT2D eigenvalue weighted by Crippen LogP contribution is -2.42. The summed E-state index contributed by atoms with van der Waals surface area (Å²) in [5, 5.41) is 1.04. The van der Waals surface area contributed by atoms with Gasteiger partial charge in [0.2, 0.25) is 5.78 Å². The molecule has 3 aliphatic heterocycles. The molecule has 2 aromatic heterocycles. The maximum absolute atomic E-state index is 12.9. The number of hydrogen-bond acceptors (Lipinski definition) is 5. The Balaban J connectivity index is 1.45. The molecule has 6 nitrogen and oxygen atoms in total. The first-order chi connectivity index (χ1) is 14.6. The maximum Gasteiger partial charge on any atom is 0.232 e. The second kappa shape index (κ2) is 6.68. The molecular formula is C23H20BrN3O3. The van der Waals surface area contributed by atoms with Gasteiger partial charge in [-0.2, -0.15) is 0 Å². The van der Waals surface area contributed by atoms with Crippen LogP contribution in [0.4, 0.5) is 5.69 Å². The van der Waals surface area contributed by atoms with Gasteiger partial charge in [-0.15, -0.1) is 0 Å². The number of carbonyl (C=O) groups is 1. The monoisotopic (exact) mass is 465 g/mol. The van der Waals surface area contributed by atoms with Crippen LogP contribution in [0.2, 0.25) is 0 Å². The third-order valence-electron chi connectivity index (χ3n) is 6.17. The van der Waals surface area contributed by atoms with Gasteiger partial charge < -0.3 is 18.9 Å². The zero-order valence-electron chi connectivity index (χ0n) is 16.5. The average molecular weight is 466 g/mol. The Kier molecular flexibility index (Phi) is 4.05. The second-order valence-electron chi connectivity index (χ2n) is 8.17. The Bertz CT molecular complexity index is 1220. The highest BCUT2D eigenvalue weighted by Crippen LogP contribution is 2.38. The van der Waals surface area contributed by atoms with Crippen LogP contribution in [0.1, 0.15) is 28.8 Å². The molecule has 0 aliphatic carbocycles. The Morgan fingerprint density at radius 3 is 2.80 bits per heavy atom. The second-order valence-corrected chi connectivity index (χ2v) is 9.08. The molecule has 2 fully saturated rings. The summed E-state index contributed by atoms with van der Waals surface area (Å²) >= 11 is 3.43. The molecule has 0 N–H and O–H groups in total. The van der Waals surface area contributed by atoms with Gasteiger partial charge in [-0.05, 0) is 43.2 Å². The first kappa shape index (κ1) is 18.2. The van der Waals surface area contributed by atoms with E-state index in [0.717, 1.165) is 52.7 Å². The number of ether oxygens (including phenoxy) is 2. The van der Waals surface area contributed by atoms with Gasteiger partial charge in [0.15, 0.2) is 5.76 Å². The molecule has 7 heteroatoms. The Morgan fingerprint density at radius 1 is 1.20 bits per heavy atom. The number of ketones is 1. The van der Waals surface area contributed by atoms with E-state index in [4.69, 9.17) is 9.47 Å². The minimum absolute atomic E-state index is 0.0989. The van der Waals surface area contributed by atoms with Crippen molar-refractivity contribution in [2.75, 3.05) is 18.0 Å². The SMILES string of the molecule is Cn1cc(C=C2Oc3ccc(Br)cc3C2=O)c2c(N3CC4CCC(C3)O4)ccnc21. The van der Waals surface area contributed by atoms with Gasteiger partial charge in [0.1, 0.15) is 11.4 Å². The quantitative estimate of drug-likeness (QED) is 0.527. The van der Waals surface area contributed by atoms with Crippen molar-refractivity contribution in [3.05, 3.63) is 58.0 Å². The first-order valence-corrected chi connectivity index (χ1v) is 10.9. The summed E-state index contributed by atoms with van der Waals surface area (Å²) in [7, 11) is 1.98. The van der Waals surface area contributed by atoms with Crippen molar-refractivity contribution in [1.82, 2.24) is 9.55 Å². The third kappa shape index (κ3) is 2.80. The topological polar surface area (TPSA) is 56.6 Å². The Labute approximate surface area is 182 Å². The van der Waals surface area contributed by atoms with Crippen LogP contribution in [-0.4, -0.2) is 40.6 Å². The van der Waals surface area contributed by atoms with Crippen LogP contribution in [0.3, 0.4) is 0 Å². The third-order valence-corrected chi connectivity index (χ3v) is 6.66. The zero-order valence-corrected chi connectivity index (χ0v) is 18.1. The van der Waals surface area contributed by atoms with Gasteiger partial charge in [0.25, 0.3) is 0 Å². The highest BCUT2D eigenvalue weighted by Gasteiger charge is 2.35. The maximum atomic E-state index is 12.9. The largest absolute Gasteiger partial charge is 0.452 e. The van der Waals surface area contributed by atoms with E-state index in [2.05, 4.69) is 31.9 Å². The molecule has 6 rings (SSSR count). The summed E-state index contributed by atoms with van der Waals surface area (Å²) in [4.78, 5) is 19.9. The van der Waals surface area contributed by atoms with Crippen LogP contribution in [0, 0.1) is 0 Å². The molecule has 0 spiro atoms. The number of pyridine rings is 1. The lowest BCUT2D eigenvalue weighted by Gasteiger charge is -2.34. The lowest BCUT2D eigenvalue weighted by atomic mass is 10.1. The van der Waals surface area contributed by atoms with E-state index in [1.807, 2.05) is 42.2 Å². The molecule has 2 atom stereocenters. The molecule has 5 heterocycles. The number of halogens is 1. The molecule has 2 unspecified atom stereocenters. The van der Waals surface area contributed by atoms with E-state index in [0.29, 0.717) is 29.3 Å². The molecule has 2 bridgehead atoms. The van der Waals surface area contributed by atoms with Gasteiger partial charge in [-0.25, -0.2) is 4.98 Å². The fourth-order valence-corrected chi connectivity index (χ4v) is 5.17. The molecular weight excluding hydrogens is 446 g/mol. The number of nitrogens with zero attached hydrogens (tertiary/aromatic N) is 3. The Morgan fingerprint density at radius 2 is 2.00 bits per heavy atom. The van der Waals surface area contributed by atoms with Gasteiger partial charge in [-0.3, -0.25) is 4.79 Å². The number of rotatable bonds is 2. The summed E-state index contributed by atoms with van der Waals surface area (Å²) in [6, 6.07) is 7.57. The highest BCUT2D eigenvalue weighted by atomic mass is 79.9. The number of aryl methyl sites for hydroxylation is 1. The van der Waals surface area contributed by atoms with Crippen LogP contribution < -0.4 is 9.64 Å². The van der Waals surface area contributed by atoms with Crippen molar-refractivity contribution in [3.63, 3.8) is 0 Å². The van der Waals surface area contributed by atoms with Crippen molar-refractivity contribution in [2.24, 2.45) is 7.05 Å². The zero-order chi connectivity index (χ0) is 20.4. The number of benzene rings is 1. The number of aromatic nitrogens is 2. The number of carbonyl (C=O) groups excluding carboxylic acids is 1. The molecule has 0 radical (unpaired) electrons. The van der Waals surface area contributed by atoms with Gasteiger partial charge in [0.05, 0.1) is 23.5 Å². The summed E-state index contributed by atoms with van der Waals surface area (Å²) in [5.41, 5.74) is 3.55. The van der Waals surface area contributed by atoms with Crippen molar-refractivity contribution in [3.8, 4) is 5.75 Å². The smallest absolute Gasteiger partial charge is 0.232 e. The van der Waals surface area contributed by atoms with Crippen molar-refractivity contribution in [1.29, 1.82) is 0 Å². The van der Waals surface area contributed by atoms with E-state index < -0.39 is 0 Å². The van der Waals surface area contributed by atoms with E-state index in [9.17, 15) is 4.79 Å². The summed E-state index contributed by atoms with van der Waals surface area (Å²) in [6.07, 6.45) is 8.55. The molecule has 30 heavy (non-hydrogen) atoms. The van der Waals surface area contributed by atoms with Crippen LogP contribution >= 0.6 is 15.9 Å². The van der Waals surface area contributed by atoms with Crippen LogP contribution in [0.25, 0.3) is 17.1 Å². The van der Waals surface area contributed by atoms with E-state index in [1.54, 1.807) is 6.07 Å². The number of anilines is 1. The molecule has 152 valence electrons. The fraction of sp³-hybridized carbons (Fsp3) is 0.304. The minimum atomic E-state index is -0.0989. The van der Waals surface area contributed by atoms with Crippen LogP contribution in [0.15, 0.2) is 46.9 Å². The van der Waals surface area contributed by atoms with Gasteiger partial charge in [-0.1, -0.05) is 15.9 Å². The van der Waals surface area contributed by atoms with Crippen LogP contribution in [-0.2, 0) is 11.8 Å². The van der Waals surface area contributed by atoms with Gasteiger partial charge in [0, 0.05) is 48.0 Å². The molecule has 0 saturated carbocycles. The average Bonchev–Trinajstić information content (AvgIpc) is 3.36. The summed E-state index contributed by atoms with van der Waals surface area (Å²) < 4.78 is 14.8. The molecule has 2 saturated heterocycles. The molecule has 1 aromatic carbocycles. The molecule has 0 amide bonds. The summed E-state index contributed by atoms with van der Waals surface area (Å²) in [5.74, 6) is 0.836. The normalized spacial score (nSPS) is 24.0. The first-order valence-electron chi connectivity index (χ1n) is 10.1. The predicted molar refractivity (Wildman–Crippen MR) is 118 cm³/mol. The summed E-state index contributed by atoms with van der Waals surface area (Å²) in [6.45, 7) is 1.77. The number of hydrogen-bond donors (Lipinski definition) is 0. The number of morpholine rings is 1. The Hall–Kier alpha value is -2.64. The van der Waals surface area contributed by atoms with E-state index in [1.165, 1.54) is 0 Å². The van der Waals surface area contributed by atoms with E-state index in [-0.39, 0.29) is 5.78 Å². The molecule has 3 aromatic rings. The lowest BCUT2D eigenvalue weighted by molar-refractivity contribution is 0.0306. The molecule has 3 aliphatic rings. The number of allylic oxidation sites excluding steroid dienone is 1. The fourth-order valence-electron chi connectivity index (χ4n) is 4.81. The minimum Gasteiger partial charge on any atom is -0.452 e. The van der Waals surface area contributed by atoms with Crippen molar-refractivity contribution >= 4 is 44.5 Å². The van der Waals surface area contributed by atoms with Crippen molar-refractivity contribution < 1.29 is 14.3 Å². The predicted octanol–water partition coefficient (Wildman–Crippen LogP) is 4.32.